The van der Waals surface area contributed by atoms with Crippen LogP contribution in [0.3, 0.4) is 0 Å². The van der Waals surface area contributed by atoms with Crippen molar-refractivity contribution in [1.82, 2.24) is 0 Å². The van der Waals surface area contributed by atoms with Crippen molar-refractivity contribution in [3.05, 3.63) is 42.5 Å². The summed E-state index contributed by atoms with van der Waals surface area (Å²) in [4.78, 5) is 12.0. The zero-order valence-corrected chi connectivity index (χ0v) is 10.7. The van der Waals surface area contributed by atoms with Crippen LogP contribution in [0.1, 0.15) is 6.92 Å². The van der Waals surface area contributed by atoms with E-state index in [1.807, 2.05) is 30.3 Å². The number of esters is 1. The van der Waals surface area contributed by atoms with Crippen molar-refractivity contribution in [2.75, 3.05) is 7.11 Å². The fourth-order valence-corrected chi connectivity index (χ4v) is 2.18. The molecule has 0 saturated heterocycles. The molecule has 0 aliphatic rings. The summed E-state index contributed by atoms with van der Waals surface area (Å²) in [5.74, 6) is -0.413. The number of thioether (sulfide) groups is 1. The van der Waals surface area contributed by atoms with Gasteiger partial charge in [-0.3, -0.25) is 0 Å². The van der Waals surface area contributed by atoms with Gasteiger partial charge < -0.3 is 9.84 Å². The number of aliphatic hydroxyl groups excluding tert-OH is 1. The van der Waals surface area contributed by atoms with E-state index in [4.69, 9.17) is 0 Å². The molecule has 0 fully saturated rings. The summed E-state index contributed by atoms with van der Waals surface area (Å²) in [6, 6.07) is 9.74. The second-order valence-corrected chi connectivity index (χ2v) is 4.77. The lowest BCUT2D eigenvalue weighted by atomic mass is 10.2. The van der Waals surface area contributed by atoms with E-state index in [2.05, 4.69) is 4.74 Å². The maximum atomic E-state index is 11.0. The number of hydrogen-bond donors (Lipinski definition) is 1. The van der Waals surface area contributed by atoms with Crippen LogP contribution in [0.15, 0.2) is 47.4 Å². The zero-order chi connectivity index (χ0) is 12.7. The van der Waals surface area contributed by atoms with Crippen LogP contribution in [0.5, 0.6) is 0 Å². The van der Waals surface area contributed by atoms with Crippen molar-refractivity contribution in [2.45, 2.75) is 23.2 Å². The number of hydrogen-bond acceptors (Lipinski definition) is 4. The van der Waals surface area contributed by atoms with Gasteiger partial charge in [0.15, 0.2) is 0 Å². The highest BCUT2D eigenvalue weighted by atomic mass is 32.2. The Morgan fingerprint density at radius 3 is 2.59 bits per heavy atom. The minimum Gasteiger partial charge on any atom is -0.466 e. The van der Waals surface area contributed by atoms with Gasteiger partial charge in [-0.1, -0.05) is 24.3 Å². The van der Waals surface area contributed by atoms with E-state index in [0.717, 1.165) is 4.90 Å². The van der Waals surface area contributed by atoms with Gasteiger partial charge in [0.05, 0.1) is 18.5 Å². The Bertz CT molecular complexity index is 374. The molecule has 0 heterocycles. The van der Waals surface area contributed by atoms with E-state index >= 15 is 0 Å². The van der Waals surface area contributed by atoms with Crippen molar-refractivity contribution in [3.8, 4) is 0 Å². The zero-order valence-electron chi connectivity index (χ0n) is 9.87. The molecule has 0 unspecified atom stereocenters. The maximum Gasteiger partial charge on any atom is 0.330 e. The Morgan fingerprint density at radius 2 is 2.06 bits per heavy atom. The van der Waals surface area contributed by atoms with Crippen molar-refractivity contribution in [1.29, 1.82) is 0 Å². The van der Waals surface area contributed by atoms with E-state index in [1.165, 1.54) is 24.9 Å². The van der Waals surface area contributed by atoms with Crippen LogP contribution in [0.2, 0.25) is 0 Å². The number of rotatable bonds is 5. The summed E-state index contributed by atoms with van der Waals surface area (Å²) in [6.45, 7) is 1.70. The van der Waals surface area contributed by atoms with Gasteiger partial charge in [0, 0.05) is 11.0 Å². The molecule has 17 heavy (non-hydrogen) atoms. The third kappa shape index (κ3) is 5.06. The van der Waals surface area contributed by atoms with Crippen LogP contribution < -0.4 is 0 Å². The molecule has 1 rings (SSSR count). The number of ether oxygens (including phenoxy) is 1. The molecular formula is C13H16O3S. The lowest BCUT2D eigenvalue weighted by Crippen LogP contribution is -2.17. The van der Waals surface area contributed by atoms with Crippen LogP contribution in [-0.4, -0.2) is 29.5 Å². The van der Waals surface area contributed by atoms with E-state index in [-0.39, 0.29) is 5.25 Å². The Labute approximate surface area is 105 Å². The third-order valence-corrected chi connectivity index (χ3v) is 3.48. The molecule has 1 aromatic carbocycles. The second-order valence-electron chi connectivity index (χ2n) is 3.52. The number of methoxy groups -OCH3 is 1. The van der Waals surface area contributed by atoms with E-state index in [0.29, 0.717) is 0 Å². The largest absolute Gasteiger partial charge is 0.466 e. The van der Waals surface area contributed by atoms with Crippen LogP contribution >= 0.6 is 11.8 Å². The second kappa shape index (κ2) is 7.14. The Hall–Kier alpha value is -1.26. The van der Waals surface area contributed by atoms with Gasteiger partial charge in [0.25, 0.3) is 0 Å². The first-order valence-electron chi connectivity index (χ1n) is 5.29. The molecule has 0 saturated carbocycles. The SMILES string of the molecule is COC(=O)/C=C/[C@@H](Sc1ccccc1)[C@H](C)O. The lowest BCUT2D eigenvalue weighted by molar-refractivity contribution is -0.134. The molecule has 0 bridgehead atoms. The maximum absolute atomic E-state index is 11.0. The highest BCUT2D eigenvalue weighted by molar-refractivity contribution is 8.00. The summed E-state index contributed by atoms with van der Waals surface area (Å²) in [7, 11) is 1.33. The highest BCUT2D eigenvalue weighted by Gasteiger charge is 2.13. The predicted octanol–water partition coefficient (Wildman–Crippen LogP) is 2.26. The van der Waals surface area contributed by atoms with E-state index < -0.39 is 12.1 Å². The van der Waals surface area contributed by atoms with Gasteiger partial charge in [-0.25, -0.2) is 4.79 Å². The summed E-state index contributed by atoms with van der Waals surface area (Å²) in [6.07, 6.45) is 2.46. The number of carbonyl (C=O) groups is 1. The summed E-state index contributed by atoms with van der Waals surface area (Å²) in [5.41, 5.74) is 0. The monoisotopic (exact) mass is 252 g/mol. The van der Waals surface area contributed by atoms with Gasteiger partial charge in [-0.05, 0) is 19.1 Å². The predicted molar refractivity (Wildman–Crippen MR) is 68.9 cm³/mol. The fourth-order valence-electron chi connectivity index (χ4n) is 1.20. The van der Waals surface area contributed by atoms with Gasteiger partial charge in [0.2, 0.25) is 0 Å². The molecule has 0 aliphatic heterocycles. The van der Waals surface area contributed by atoms with Gasteiger partial charge >= 0.3 is 5.97 Å². The molecule has 4 heteroatoms. The van der Waals surface area contributed by atoms with Crippen molar-refractivity contribution < 1.29 is 14.6 Å². The first-order chi connectivity index (χ1) is 8.13. The standard InChI is InChI=1S/C13H16O3S/c1-10(14)12(8-9-13(15)16-2)17-11-6-4-3-5-7-11/h3-10,12,14H,1-2H3/b9-8+/t10-,12+/m0/s1. The highest BCUT2D eigenvalue weighted by Crippen LogP contribution is 2.26. The van der Waals surface area contributed by atoms with Crippen LogP contribution in [0.25, 0.3) is 0 Å². The normalized spacial score (nSPS) is 14.5. The van der Waals surface area contributed by atoms with Gasteiger partial charge in [-0.2, -0.15) is 0 Å². The number of benzene rings is 1. The third-order valence-electron chi connectivity index (χ3n) is 2.11. The average molecular weight is 252 g/mol. The molecule has 92 valence electrons. The molecule has 3 nitrogen and oxygen atoms in total. The minimum absolute atomic E-state index is 0.170. The van der Waals surface area contributed by atoms with Gasteiger partial charge in [0.1, 0.15) is 0 Å². The molecule has 1 N–H and O–H groups in total. The Balaban J connectivity index is 2.67. The minimum atomic E-state index is -0.541. The van der Waals surface area contributed by atoms with Crippen molar-refractivity contribution >= 4 is 17.7 Å². The topological polar surface area (TPSA) is 46.5 Å². The van der Waals surface area contributed by atoms with Crippen LogP contribution in [-0.2, 0) is 9.53 Å². The quantitative estimate of drug-likeness (QED) is 0.496. The van der Waals surface area contributed by atoms with E-state index in [1.54, 1.807) is 13.0 Å². The Kier molecular flexibility index (Phi) is 5.80. The molecule has 0 aliphatic carbocycles. The first-order valence-corrected chi connectivity index (χ1v) is 6.17. The summed E-state index contributed by atoms with van der Waals surface area (Å²) >= 11 is 1.50. The summed E-state index contributed by atoms with van der Waals surface area (Å²) < 4.78 is 4.51. The fraction of sp³-hybridized carbons (Fsp3) is 0.308. The van der Waals surface area contributed by atoms with Crippen LogP contribution in [0.4, 0.5) is 0 Å². The smallest absolute Gasteiger partial charge is 0.330 e. The molecule has 0 amide bonds. The average Bonchev–Trinajstić information content (AvgIpc) is 2.34. The lowest BCUT2D eigenvalue weighted by Gasteiger charge is -2.15. The molecule has 1 aromatic rings. The van der Waals surface area contributed by atoms with Crippen molar-refractivity contribution in [3.63, 3.8) is 0 Å². The molecule has 0 spiro atoms. The molecule has 0 aromatic heterocycles. The number of carbonyl (C=O) groups excluding carboxylic acids is 1. The Morgan fingerprint density at radius 1 is 1.41 bits per heavy atom. The first kappa shape index (κ1) is 13.8. The number of aliphatic hydroxyl groups is 1. The molecule has 0 radical (unpaired) electrons. The van der Waals surface area contributed by atoms with Crippen molar-refractivity contribution in [2.24, 2.45) is 0 Å². The molecular weight excluding hydrogens is 236 g/mol. The molecule has 2 atom stereocenters. The van der Waals surface area contributed by atoms with E-state index in [9.17, 15) is 9.90 Å². The summed E-state index contributed by atoms with van der Waals surface area (Å²) in [5, 5.41) is 9.46. The van der Waals surface area contributed by atoms with Crippen LogP contribution in [0, 0.1) is 0 Å². The van der Waals surface area contributed by atoms with Gasteiger partial charge in [-0.15, -0.1) is 11.8 Å².